The number of benzene rings is 2. The summed E-state index contributed by atoms with van der Waals surface area (Å²) < 4.78 is 35.1. The molecule has 1 aromatic heterocycles. The van der Waals surface area contributed by atoms with Crippen LogP contribution in [0.2, 0.25) is 0 Å². The highest BCUT2D eigenvalue weighted by atomic mass is 19.1. The Balaban J connectivity index is 1.60. The van der Waals surface area contributed by atoms with E-state index in [9.17, 15) is 18.4 Å². The smallest absolute Gasteiger partial charge is 0.298 e. The minimum Gasteiger partial charge on any atom is -0.486 e. The maximum absolute atomic E-state index is 14.7. The van der Waals surface area contributed by atoms with E-state index in [1.165, 1.54) is 36.5 Å². The highest BCUT2D eigenvalue weighted by Crippen LogP contribution is 2.40. The van der Waals surface area contributed by atoms with Gasteiger partial charge in [-0.2, -0.15) is 0 Å². The summed E-state index contributed by atoms with van der Waals surface area (Å²) in [6.45, 7) is 1.83. The minimum atomic E-state index is -0.709. The van der Waals surface area contributed by atoms with Crippen LogP contribution in [-0.2, 0) is 4.79 Å². The zero-order chi connectivity index (χ0) is 26.7. The van der Waals surface area contributed by atoms with Crippen molar-refractivity contribution < 1.29 is 23.1 Å². The topological polar surface area (TPSA) is 110 Å². The summed E-state index contributed by atoms with van der Waals surface area (Å²) in [5.74, 6) is -0.0904. The number of nitrogens with zero attached hydrogens (tertiary/aromatic N) is 3. The first-order valence-electron chi connectivity index (χ1n) is 11.6. The summed E-state index contributed by atoms with van der Waals surface area (Å²) in [4.78, 5) is 33.9. The lowest BCUT2D eigenvalue weighted by Crippen LogP contribution is -2.29. The summed E-state index contributed by atoms with van der Waals surface area (Å²) in [5.41, 5.74) is 7.78. The van der Waals surface area contributed by atoms with Crippen LogP contribution in [0.15, 0.2) is 36.7 Å². The third-order valence-corrected chi connectivity index (χ3v) is 6.14. The van der Waals surface area contributed by atoms with E-state index in [-0.39, 0.29) is 47.2 Å². The van der Waals surface area contributed by atoms with Gasteiger partial charge in [0.25, 0.3) is 11.8 Å². The molecule has 3 aromatic rings. The molecule has 4 rings (SSSR count). The molecule has 0 bridgehead atoms. The van der Waals surface area contributed by atoms with Crippen molar-refractivity contribution in [3.63, 3.8) is 0 Å². The van der Waals surface area contributed by atoms with Gasteiger partial charge in [-0.3, -0.25) is 9.59 Å². The molecule has 1 heterocycles. The van der Waals surface area contributed by atoms with Crippen molar-refractivity contribution in [3.05, 3.63) is 65.0 Å². The molecule has 37 heavy (non-hydrogen) atoms. The number of carbonyl (C=O) groups excluding carboxylic acids is 2. The number of carbonyl (C=O) groups is 2. The minimum absolute atomic E-state index is 0.00278. The predicted molar refractivity (Wildman–Crippen MR) is 135 cm³/mol. The lowest BCUT2D eigenvalue weighted by atomic mass is 10.0. The number of hydrogen-bond donors (Lipinski definition) is 2. The van der Waals surface area contributed by atoms with Crippen molar-refractivity contribution in [2.45, 2.75) is 25.7 Å². The van der Waals surface area contributed by atoms with Crippen LogP contribution in [0.25, 0.3) is 11.3 Å². The molecule has 1 saturated carbocycles. The Morgan fingerprint density at radius 2 is 2.00 bits per heavy atom. The Bertz CT molecular complexity index is 1420. The number of rotatable bonds is 8. The van der Waals surface area contributed by atoms with Gasteiger partial charge < -0.3 is 20.7 Å². The van der Waals surface area contributed by atoms with Crippen LogP contribution in [-0.4, -0.2) is 46.9 Å². The van der Waals surface area contributed by atoms with E-state index >= 15 is 0 Å². The van der Waals surface area contributed by atoms with Gasteiger partial charge in [0.1, 0.15) is 30.3 Å². The summed E-state index contributed by atoms with van der Waals surface area (Å²) in [7, 11) is 1.52. The molecular weight excluding hydrogens is 480 g/mol. The molecular formula is C27H25F2N5O3. The van der Waals surface area contributed by atoms with Crippen LogP contribution in [0.4, 0.5) is 20.3 Å². The van der Waals surface area contributed by atoms with Gasteiger partial charge in [-0.1, -0.05) is 6.07 Å². The molecule has 3 N–H and O–H groups in total. The van der Waals surface area contributed by atoms with Crippen molar-refractivity contribution in [1.29, 1.82) is 0 Å². The van der Waals surface area contributed by atoms with E-state index in [0.717, 1.165) is 24.5 Å². The van der Waals surface area contributed by atoms with Gasteiger partial charge in [-0.05, 0) is 67.0 Å². The first-order chi connectivity index (χ1) is 17.7. The molecule has 0 spiro atoms. The maximum Gasteiger partial charge on any atom is 0.298 e. The lowest BCUT2D eigenvalue weighted by molar-refractivity contribution is -0.124. The lowest BCUT2D eigenvalue weighted by Gasteiger charge is -2.18. The highest BCUT2D eigenvalue weighted by molar-refractivity contribution is 6.05. The van der Waals surface area contributed by atoms with Crippen LogP contribution in [0.1, 0.15) is 40.2 Å². The highest BCUT2D eigenvalue weighted by Gasteiger charge is 2.25. The fraction of sp³-hybridized carbons (Fsp3) is 0.259. The second kappa shape index (κ2) is 10.6. The number of hydrogen-bond acceptors (Lipinski definition) is 6. The molecule has 0 atom stereocenters. The number of likely N-dealkylation sites (N-methyl/N-ethyl adjacent to an activating group) is 1. The number of aromatic nitrogens is 2. The van der Waals surface area contributed by atoms with Crippen LogP contribution in [0.3, 0.4) is 0 Å². The maximum atomic E-state index is 14.7. The van der Waals surface area contributed by atoms with E-state index < -0.39 is 23.4 Å². The van der Waals surface area contributed by atoms with Gasteiger partial charge in [0, 0.05) is 18.3 Å². The van der Waals surface area contributed by atoms with Gasteiger partial charge in [-0.15, -0.1) is 6.42 Å². The van der Waals surface area contributed by atoms with Gasteiger partial charge in [0.2, 0.25) is 0 Å². The molecule has 1 fully saturated rings. The largest absolute Gasteiger partial charge is 0.486 e. The molecule has 0 unspecified atom stereocenters. The van der Waals surface area contributed by atoms with Gasteiger partial charge in [-0.25, -0.2) is 18.7 Å². The van der Waals surface area contributed by atoms with Crippen LogP contribution >= 0.6 is 0 Å². The van der Waals surface area contributed by atoms with E-state index in [4.69, 9.17) is 16.9 Å². The molecule has 10 heteroatoms. The molecule has 0 aliphatic heterocycles. The number of nitrogens with one attached hydrogen (secondary N) is 1. The zero-order valence-corrected chi connectivity index (χ0v) is 20.3. The first-order valence-corrected chi connectivity index (χ1v) is 11.6. The number of ether oxygens (including phenoxy) is 1. The average molecular weight is 506 g/mol. The predicted octanol–water partition coefficient (Wildman–Crippen LogP) is 3.91. The van der Waals surface area contributed by atoms with Crippen molar-refractivity contribution in [1.82, 2.24) is 14.9 Å². The number of nitrogens with two attached hydrogens (primary N) is 1. The molecule has 1 aliphatic carbocycles. The molecule has 1 aliphatic rings. The first kappa shape index (κ1) is 25.6. The van der Waals surface area contributed by atoms with E-state index in [1.54, 1.807) is 13.0 Å². The number of halogens is 2. The average Bonchev–Trinajstić information content (AvgIpc) is 3.72. The Morgan fingerprint density at radius 3 is 2.68 bits per heavy atom. The second-order valence-electron chi connectivity index (χ2n) is 8.75. The fourth-order valence-electron chi connectivity index (χ4n) is 3.85. The summed E-state index contributed by atoms with van der Waals surface area (Å²) >= 11 is 0. The Labute approximate surface area is 212 Å². The number of anilines is 2. The summed E-state index contributed by atoms with van der Waals surface area (Å²) in [5, 5.41) is 2.60. The molecule has 0 radical (unpaired) electrons. The van der Waals surface area contributed by atoms with E-state index in [0.29, 0.717) is 11.5 Å². The normalized spacial score (nSPS) is 12.5. The third-order valence-electron chi connectivity index (χ3n) is 6.14. The summed E-state index contributed by atoms with van der Waals surface area (Å²) in [6.07, 6.45) is 8.34. The van der Waals surface area contributed by atoms with Crippen molar-refractivity contribution in [2.24, 2.45) is 0 Å². The van der Waals surface area contributed by atoms with Gasteiger partial charge in [0.05, 0.1) is 12.1 Å². The zero-order valence-electron chi connectivity index (χ0n) is 20.3. The number of nitrogen functional groups attached to an aromatic ring is 1. The second-order valence-corrected chi connectivity index (χ2v) is 8.75. The molecule has 8 nitrogen and oxygen atoms in total. The van der Waals surface area contributed by atoms with Crippen LogP contribution in [0.5, 0.6) is 5.75 Å². The fourth-order valence-corrected chi connectivity index (χ4v) is 3.85. The Hall–Kier alpha value is -4.52. The third kappa shape index (κ3) is 5.67. The molecule has 2 aromatic carbocycles. The molecule has 2 amide bonds. The van der Waals surface area contributed by atoms with Crippen molar-refractivity contribution >= 4 is 23.3 Å². The molecule has 190 valence electrons. The quantitative estimate of drug-likeness (QED) is 0.449. The number of terminal acetylenes is 1. The Morgan fingerprint density at radius 1 is 1.24 bits per heavy atom. The monoisotopic (exact) mass is 505 g/mol. The van der Waals surface area contributed by atoms with Crippen molar-refractivity contribution in [2.75, 3.05) is 31.2 Å². The van der Waals surface area contributed by atoms with E-state index in [1.807, 2.05) is 5.92 Å². The molecule has 0 saturated heterocycles. The van der Waals surface area contributed by atoms with Crippen LogP contribution < -0.4 is 15.8 Å². The Kier molecular flexibility index (Phi) is 7.34. The van der Waals surface area contributed by atoms with Gasteiger partial charge in [0.15, 0.2) is 11.6 Å². The summed E-state index contributed by atoms with van der Waals surface area (Å²) in [6, 6.07) is 6.91. The van der Waals surface area contributed by atoms with Crippen LogP contribution in [0, 0.1) is 30.9 Å². The van der Waals surface area contributed by atoms with Crippen molar-refractivity contribution in [3.8, 4) is 29.4 Å². The standard InChI is InChI=1S/C27H25F2N5O3/c1-4-23(35)34(3)9-10-37-25-24(31-14-32-26(25)30)20-12-18(28)13-22(15(20)2)33-27(36)19-8-7-17(11-21(19)29)16-5-6-16/h1,7-8,11-14,16H,5-6,9-10H2,2-3H3,(H,33,36)(H2,30,31,32). The SMILES string of the molecule is C#CC(=O)N(C)CCOc1c(N)ncnc1-c1cc(F)cc(NC(=O)c2ccc(C3CC3)cc2F)c1C. The van der Waals surface area contributed by atoms with Gasteiger partial charge >= 0.3 is 0 Å². The van der Waals surface area contributed by atoms with E-state index in [2.05, 4.69) is 15.3 Å². The number of amides is 2.